The van der Waals surface area contributed by atoms with Gasteiger partial charge >= 0.3 is 5.97 Å². The van der Waals surface area contributed by atoms with Crippen molar-refractivity contribution < 1.29 is 28.7 Å². The van der Waals surface area contributed by atoms with Crippen LogP contribution < -0.4 is 15.4 Å². The molecule has 3 aromatic carbocycles. The Labute approximate surface area is 190 Å². The number of ketones is 1. The average molecular weight is 446 g/mol. The highest BCUT2D eigenvalue weighted by atomic mass is 16.5. The number of benzene rings is 3. The fraction of sp³-hybridized carbons (Fsp3) is 0.120. The van der Waals surface area contributed by atoms with E-state index in [2.05, 4.69) is 10.6 Å². The minimum absolute atomic E-state index is 0.246. The molecule has 0 bridgehead atoms. The number of esters is 1. The maximum atomic E-state index is 12.7. The normalized spacial score (nSPS) is 10.1. The Bertz CT molecular complexity index is 1120. The minimum atomic E-state index is -0.785. The Morgan fingerprint density at radius 2 is 1.33 bits per heavy atom. The van der Waals surface area contributed by atoms with Crippen LogP contribution in [0.3, 0.4) is 0 Å². The summed E-state index contributed by atoms with van der Waals surface area (Å²) in [5.41, 5.74) is 1.10. The van der Waals surface area contributed by atoms with Gasteiger partial charge in [-0.25, -0.2) is 0 Å². The SMILES string of the molecule is O=C(COc1ccccc1)NCC(=O)OCC(=O)Nc1ccccc1C(=O)c1ccccc1. The lowest BCUT2D eigenvalue weighted by Gasteiger charge is -2.11. The van der Waals surface area contributed by atoms with Gasteiger partial charge in [-0.05, 0) is 24.3 Å². The highest BCUT2D eigenvalue weighted by Gasteiger charge is 2.16. The summed E-state index contributed by atoms with van der Waals surface area (Å²) in [5, 5.41) is 4.93. The minimum Gasteiger partial charge on any atom is -0.484 e. The number of para-hydroxylation sites is 2. The molecule has 2 N–H and O–H groups in total. The van der Waals surface area contributed by atoms with E-state index in [1.807, 2.05) is 6.07 Å². The lowest BCUT2D eigenvalue weighted by Crippen LogP contribution is -2.35. The smallest absolute Gasteiger partial charge is 0.325 e. The summed E-state index contributed by atoms with van der Waals surface area (Å²) in [6.45, 7) is -1.24. The molecule has 0 aliphatic heterocycles. The molecular weight excluding hydrogens is 424 g/mol. The quantitative estimate of drug-likeness (QED) is 0.366. The van der Waals surface area contributed by atoms with Crippen molar-refractivity contribution in [2.24, 2.45) is 0 Å². The van der Waals surface area contributed by atoms with Gasteiger partial charge in [-0.2, -0.15) is 0 Å². The summed E-state index contributed by atoms with van der Waals surface area (Å²) in [6.07, 6.45) is 0. The third-order valence-corrected chi connectivity index (χ3v) is 4.39. The molecule has 2 amide bonds. The summed E-state index contributed by atoms with van der Waals surface area (Å²) in [5.74, 6) is -1.63. The molecule has 0 atom stereocenters. The fourth-order valence-corrected chi connectivity index (χ4v) is 2.81. The molecule has 0 radical (unpaired) electrons. The van der Waals surface area contributed by atoms with Crippen LogP contribution in [-0.4, -0.2) is 43.3 Å². The van der Waals surface area contributed by atoms with E-state index in [0.29, 0.717) is 22.6 Å². The van der Waals surface area contributed by atoms with E-state index in [-0.39, 0.29) is 12.4 Å². The molecule has 33 heavy (non-hydrogen) atoms. The fourth-order valence-electron chi connectivity index (χ4n) is 2.81. The van der Waals surface area contributed by atoms with Gasteiger partial charge in [0, 0.05) is 11.1 Å². The molecule has 0 heterocycles. The Hall–Kier alpha value is -4.46. The van der Waals surface area contributed by atoms with Crippen molar-refractivity contribution in [3.8, 4) is 5.75 Å². The van der Waals surface area contributed by atoms with Crippen LogP contribution in [0.5, 0.6) is 5.75 Å². The van der Waals surface area contributed by atoms with Crippen molar-refractivity contribution in [2.75, 3.05) is 25.1 Å². The first-order valence-corrected chi connectivity index (χ1v) is 10.1. The molecule has 0 fully saturated rings. The molecule has 3 aromatic rings. The molecule has 0 aromatic heterocycles. The first-order valence-electron chi connectivity index (χ1n) is 10.1. The van der Waals surface area contributed by atoms with Crippen molar-refractivity contribution in [3.63, 3.8) is 0 Å². The van der Waals surface area contributed by atoms with E-state index < -0.39 is 30.9 Å². The Morgan fingerprint density at radius 1 is 0.697 bits per heavy atom. The lowest BCUT2D eigenvalue weighted by atomic mass is 10.0. The zero-order chi connectivity index (χ0) is 23.5. The Morgan fingerprint density at radius 3 is 2.06 bits per heavy atom. The number of nitrogens with one attached hydrogen (secondary N) is 2. The second-order valence-electron chi connectivity index (χ2n) is 6.83. The van der Waals surface area contributed by atoms with Gasteiger partial charge in [-0.1, -0.05) is 60.7 Å². The zero-order valence-electron chi connectivity index (χ0n) is 17.7. The van der Waals surface area contributed by atoms with Crippen LogP contribution in [0.2, 0.25) is 0 Å². The Kier molecular flexibility index (Phi) is 8.30. The average Bonchev–Trinajstić information content (AvgIpc) is 2.86. The maximum Gasteiger partial charge on any atom is 0.325 e. The molecule has 168 valence electrons. The van der Waals surface area contributed by atoms with E-state index in [1.165, 1.54) is 0 Å². The number of ether oxygens (including phenoxy) is 2. The van der Waals surface area contributed by atoms with Gasteiger partial charge in [0.2, 0.25) is 0 Å². The first-order chi connectivity index (χ1) is 16.0. The van der Waals surface area contributed by atoms with Crippen molar-refractivity contribution in [1.82, 2.24) is 5.32 Å². The van der Waals surface area contributed by atoms with Gasteiger partial charge in [0.1, 0.15) is 12.3 Å². The molecule has 0 unspecified atom stereocenters. The lowest BCUT2D eigenvalue weighted by molar-refractivity contribution is -0.147. The van der Waals surface area contributed by atoms with E-state index >= 15 is 0 Å². The van der Waals surface area contributed by atoms with Gasteiger partial charge in [0.15, 0.2) is 19.0 Å². The third-order valence-electron chi connectivity index (χ3n) is 4.39. The number of hydrogen-bond donors (Lipinski definition) is 2. The summed E-state index contributed by atoms with van der Waals surface area (Å²) in [6, 6.07) is 24.0. The van der Waals surface area contributed by atoms with Gasteiger partial charge < -0.3 is 20.1 Å². The van der Waals surface area contributed by atoms with E-state index in [1.54, 1.807) is 78.9 Å². The maximum absolute atomic E-state index is 12.7. The molecule has 0 saturated heterocycles. The second kappa shape index (κ2) is 11.8. The van der Waals surface area contributed by atoms with E-state index in [9.17, 15) is 19.2 Å². The largest absolute Gasteiger partial charge is 0.484 e. The predicted octanol–water partition coefficient (Wildman–Crippen LogP) is 2.59. The molecular formula is C25H22N2O6. The van der Waals surface area contributed by atoms with Gasteiger partial charge in [-0.15, -0.1) is 0 Å². The van der Waals surface area contributed by atoms with Crippen LogP contribution in [-0.2, 0) is 19.1 Å². The number of carbonyl (C=O) groups excluding carboxylic acids is 4. The van der Waals surface area contributed by atoms with Gasteiger partial charge in [-0.3, -0.25) is 19.2 Å². The molecule has 0 spiro atoms. The molecule has 0 saturated carbocycles. The van der Waals surface area contributed by atoms with Crippen LogP contribution in [0.25, 0.3) is 0 Å². The number of amides is 2. The first kappa shape index (κ1) is 23.2. The predicted molar refractivity (Wildman–Crippen MR) is 121 cm³/mol. The Balaban J connectivity index is 1.43. The molecule has 8 heteroatoms. The summed E-state index contributed by atoms with van der Waals surface area (Å²) in [7, 11) is 0. The van der Waals surface area contributed by atoms with E-state index in [0.717, 1.165) is 0 Å². The van der Waals surface area contributed by atoms with Crippen molar-refractivity contribution in [1.29, 1.82) is 0 Å². The van der Waals surface area contributed by atoms with Crippen LogP contribution in [0.4, 0.5) is 5.69 Å². The zero-order valence-corrected chi connectivity index (χ0v) is 17.7. The topological polar surface area (TPSA) is 111 Å². The van der Waals surface area contributed by atoms with Crippen LogP contribution >= 0.6 is 0 Å². The third kappa shape index (κ3) is 7.32. The number of rotatable bonds is 10. The van der Waals surface area contributed by atoms with Crippen molar-refractivity contribution in [3.05, 3.63) is 96.1 Å². The second-order valence-corrected chi connectivity index (χ2v) is 6.83. The van der Waals surface area contributed by atoms with Crippen molar-refractivity contribution >= 4 is 29.3 Å². The van der Waals surface area contributed by atoms with Gasteiger partial charge in [0.05, 0.1) is 5.69 Å². The summed E-state index contributed by atoms with van der Waals surface area (Å²) < 4.78 is 10.2. The number of carbonyl (C=O) groups is 4. The van der Waals surface area contributed by atoms with Crippen LogP contribution in [0, 0.1) is 0 Å². The van der Waals surface area contributed by atoms with E-state index in [4.69, 9.17) is 9.47 Å². The standard InChI is InChI=1S/C25H22N2O6/c28-22(16-32-19-11-5-2-6-12-19)26-15-24(30)33-17-23(29)27-21-14-8-7-13-20(21)25(31)18-9-3-1-4-10-18/h1-14H,15-17H2,(H,26,28)(H,27,29). The van der Waals surface area contributed by atoms with Crippen molar-refractivity contribution in [2.45, 2.75) is 0 Å². The highest BCUT2D eigenvalue weighted by molar-refractivity contribution is 6.13. The molecule has 0 aliphatic carbocycles. The monoisotopic (exact) mass is 446 g/mol. The summed E-state index contributed by atoms with van der Waals surface area (Å²) in [4.78, 5) is 48.5. The number of anilines is 1. The molecule has 0 aliphatic rings. The highest BCUT2D eigenvalue weighted by Crippen LogP contribution is 2.19. The van der Waals surface area contributed by atoms with Crippen LogP contribution in [0.15, 0.2) is 84.9 Å². The summed E-state index contributed by atoms with van der Waals surface area (Å²) >= 11 is 0. The van der Waals surface area contributed by atoms with Crippen LogP contribution in [0.1, 0.15) is 15.9 Å². The number of hydrogen-bond acceptors (Lipinski definition) is 6. The molecule has 3 rings (SSSR count). The molecule has 8 nitrogen and oxygen atoms in total. The van der Waals surface area contributed by atoms with Gasteiger partial charge in [0.25, 0.3) is 11.8 Å².